The smallest absolute Gasteiger partial charge is 0.280 e. The summed E-state index contributed by atoms with van der Waals surface area (Å²) >= 11 is 0. The number of hydrogen-bond acceptors (Lipinski definition) is 2. The molecule has 0 unspecified atom stereocenters. The first kappa shape index (κ1) is 21.7. The fraction of sp³-hybridized carbons (Fsp3) is 0.636. The van der Waals surface area contributed by atoms with Gasteiger partial charge < -0.3 is 20.0 Å². The Balaban J connectivity index is 1.44. The molecule has 2 fully saturated rings. The second-order valence-electron chi connectivity index (χ2n) is 9.05. The van der Waals surface area contributed by atoms with Crippen LogP contribution in [-0.4, -0.2) is 68.6 Å². The van der Waals surface area contributed by atoms with Gasteiger partial charge in [-0.1, -0.05) is 13.8 Å². The van der Waals surface area contributed by atoms with Crippen LogP contribution in [0.2, 0.25) is 0 Å². The number of quaternary nitrogens is 2. The van der Waals surface area contributed by atoms with Gasteiger partial charge in [0.05, 0.1) is 0 Å². The number of benzene rings is 1. The topological polar surface area (TPSA) is 58.3 Å². The molecule has 0 aliphatic carbocycles. The van der Waals surface area contributed by atoms with Crippen LogP contribution in [0.15, 0.2) is 24.3 Å². The summed E-state index contributed by atoms with van der Waals surface area (Å²) in [6.45, 7) is 12.2. The first-order chi connectivity index (χ1) is 13.8. The molecular weight excluding hydrogens is 371 g/mol. The highest BCUT2D eigenvalue weighted by Crippen LogP contribution is 2.21. The Bertz CT molecular complexity index is 693. The SMILES string of the molecule is C[C@@H]1C[C@H](C)CN(C(=O)[C@@H](C)[NH+]2CC[NH+](CC(=O)Nc3ccc(F)cc3)CC2)C1. The monoisotopic (exact) mass is 406 g/mol. The highest BCUT2D eigenvalue weighted by molar-refractivity contribution is 5.91. The fourth-order valence-electron chi connectivity index (χ4n) is 4.79. The summed E-state index contributed by atoms with van der Waals surface area (Å²) in [5.74, 6) is 1.05. The molecule has 29 heavy (non-hydrogen) atoms. The molecule has 160 valence electrons. The Hall–Kier alpha value is -1.99. The van der Waals surface area contributed by atoms with E-state index in [0.29, 0.717) is 24.1 Å². The van der Waals surface area contributed by atoms with Crippen molar-refractivity contribution in [2.45, 2.75) is 33.2 Å². The van der Waals surface area contributed by atoms with E-state index in [0.717, 1.165) is 39.3 Å². The van der Waals surface area contributed by atoms with Crippen molar-refractivity contribution in [2.24, 2.45) is 11.8 Å². The predicted molar refractivity (Wildman–Crippen MR) is 110 cm³/mol. The highest BCUT2D eigenvalue weighted by atomic mass is 19.1. The summed E-state index contributed by atoms with van der Waals surface area (Å²) in [6, 6.07) is 5.79. The minimum absolute atomic E-state index is 0.0258. The molecule has 3 atom stereocenters. The van der Waals surface area contributed by atoms with E-state index >= 15 is 0 Å². The molecule has 1 aromatic rings. The minimum atomic E-state index is -0.315. The van der Waals surface area contributed by atoms with Crippen molar-refractivity contribution in [1.29, 1.82) is 0 Å². The number of amides is 2. The minimum Gasteiger partial charge on any atom is -0.337 e. The highest BCUT2D eigenvalue weighted by Gasteiger charge is 2.36. The van der Waals surface area contributed by atoms with Gasteiger partial charge in [0, 0.05) is 18.8 Å². The quantitative estimate of drug-likeness (QED) is 0.614. The van der Waals surface area contributed by atoms with Crippen LogP contribution in [-0.2, 0) is 9.59 Å². The summed E-state index contributed by atoms with van der Waals surface area (Å²) in [5.41, 5.74) is 0.615. The van der Waals surface area contributed by atoms with Crippen molar-refractivity contribution in [3.8, 4) is 0 Å². The number of halogens is 1. The molecule has 3 rings (SSSR count). The number of nitrogens with zero attached hydrogens (tertiary/aromatic N) is 1. The predicted octanol–water partition coefficient (Wildman–Crippen LogP) is -0.559. The van der Waals surface area contributed by atoms with E-state index in [1.807, 2.05) is 6.92 Å². The molecule has 0 radical (unpaired) electrons. The van der Waals surface area contributed by atoms with Gasteiger partial charge in [0.2, 0.25) is 0 Å². The lowest BCUT2D eigenvalue weighted by molar-refractivity contribution is -1.01. The number of piperidine rings is 1. The Morgan fingerprint density at radius 2 is 1.69 bits per heavy atom. The zero-order valence-corrected chi connectivity index (χ0v) is 17.8. The lowest BCUT2D eigenvalue weighted by Crippen LogP contribution is -3.30. The number of hydrogen-bond donors (Lipinski definition) is 3. The fourth-order valence-corrected chi connectivity index (χ4v) is 4.79. The summed E-state index contributed by atoms with van der Waals surface area (Å²) in [5, 5.41) is 2.83. The van der Waals surface area contributed by atoms with Gasteiger partial charge in [-0.3, -0.25) is 9.59 Å². The Morgan fingerprint density at radius 3 is 2.28 bits per heavy atom. The molecule has 0 saturated carbocycles. The molecule has 0 spiro atoms. The Morgan fingerprint density at radius 1 is 1.10 bits per heavy atom. The number of carbonyl (C=O) groups is 2. The second kappa shape index (κ2) is 9.67. The third-order valence-corrected chi connectivity index (χ3v) is 6.30. The van der Waals surface area contributed by atoms with Gasteiger partial charge in [-0.2, -0.15) is 0 Å². The van der Waals surface area contributed by atoms with Crippen molar-refractivity contribution < 1.29 is 23.8 Å². The van der Waals surface area contributed by atoms with E-state index in [4.69, 9.17) is 0 Å². The van der Waals surface area contributed by atoms with E-state index in [-0.39, 0.29) is 23.7 Å². The average Bonchev–Trinajstić information content (AvgIpc) is 2.68. The van der Waals surface area contributed by atoms with E-state index < -0.39 is 0 Å². The third-order valence-electron chi connectivity index (χ3n) is 6.30. The van der Waals surface area contributed by atoms with Crippen LogP contribution in [0.4, 0.5) is 10.1 Å². The van der Waals surface area contributed by atoms with Crippen LogP contribution in [0.5, 0.6) is 0 Å². The zero-order valence-electron chi connectivity index (χ0n) is 17.8. The lowest BCUT2D eigenvalue weighted by atomic mass is 9.91. The number of piperazine rings is 1. The van der Waals surface area contributed by atoms with Crippen LogP contribution in [0, 0.1) is 17.7 Å². The zero-order chi connectivity index (χ0) is 21.0. The number of anilines is 1. The average molecular weight is 407 g/mol. The van der Waals surface area contributed by atoms with Crippen molar-refractivity contribution in [3.05, 3.63) is 30.1 Å². The molecule has 0 bridgehead atoms. The molecule has 0 aromatic heterocycles. The third kappa shape index (κ3) is 6.00. The van der Waals surface area contributed by atoms with Crippen LogP contribution in [0.1, 0.15) is 27.2 Å². The van der Waals surface area contributed by atoms with Crippen LogP contribution in [0.25, 0.3) is 0 Å². The summed E-state index contributed by atoms with van der Waals surface area (Å²) < 4.78 is 13.0. The van der Waals surface area contributed by atoms with Gasteiger partial charge in [-0.15, -0.1) is 0 Å². The van der Waals surface area contributed by atoms with Crippen molar-refractivity contribution in [3.63, 3.8) is 0 Å². The van der Waals surface area contributed by atoms with Crippen LogP contribution >= 0.6 is 0 Å². The standard InChI is InChI=1S/C22H33FN4O2/c1-16-12-17(2)14-27(13-16)22(29)18(3)26-10-8-25(9-11-26)15-21(28)24-20-6-4-19(23)5-7-20/h4-7,16-18H,8-15H2,1-3H3,(H,24,28)/p+2/t16-,17+,18-/m1/s1. The van der Waals surface area contributed by atoms with Gasteiger partial charge in [-0.25, -0.2) is 4.39 Å². The van der Waals surface area contributed by atoms with E-state index in [1.165, 1.54) is 28.4 Å². The van der Waals surface area contributed by atoms with Gasteiger partial charge in [-0.05, 0) is 49.4 Å². The maximum Gasteiger partial charge on any atom is 0.280 e. The molecule has 7 heteroatoms. The first-order valence-electron chi connectivity index (χ1n) is 10.8. The maximum atomic E-state index is 13.0. The molecule has 2 amide bonds. The molecule has 2 aliphatic heterocycles. The molecular formula is C22H35FN4O2+2. The molecule has 2 saturated heterocycles. The van der Waals surface area contributed by atoms with E-state index in [9.17, 15) is 14.0 Å². The van der Waals surface area contributed by atoms with Gasteiger partial charge >= 0.3 is 0 Å². The van der Waals surface area contributed by atoms with E-state index in [2.05, 4.69) is 24.1 Å². The molecule has 1 aromatic carbocycles. The maximum absolute atomic E-state index is 13.0. The Kier molecular flexibility index (Phi) is 7.24. The largest absolute Gasteiger partial charge is 0.337 e. The van der Waals surface area contributed by atoms with Crippen molar-refractivity contribution in [2.75, 3.05) is 51.1 Å². The van der Waals surface area contributed by atoms with Crippen molar-refractivity contribution in [1.82, 2.24) is 4.90 Å². The van der Waals surface area contributed by atoms with Gasteiger partial charge in [0.25, 0.3) is 11.8 Å². The van der Waals surface area contributed by atoms with E-state index in [1.54, 1.807) is 12.1 Å². The van der Waals surface area contributed by atoms with Gasteiger partial charge in [0.1, 0.15) is 32.0 Å². The molecule has 6 nitrogen and oxygen atoms in total. The number of nitrogens with one attached hydrogen (secondary N) is 3. The summed E-state index contributed by atoms with van der Waals surface area (Å²) in [4.78, 5) is 29.9. The normalized spacial score (nSPS) is 28.6. The number of likely N-dealkylation sites (tertiary alicyclic amines) is 1. The van der Waals surface area contributed by atoms with Gasteiger partial charge in [0.15, 0.2) is 12.6 Å². The summed E-state index contributed by atoms with van der Waals surface area (Å²) in [7, 11) is 0. The second-order valence-corrected chi connectivity index (χ2v) is 9.05. The Labute approximate surface area is 173 Å². The van der Waals surface area contributed by atoms with Crippen LogP contribution < -0.4 is 15.1 Å². The van der Waals surface area contributed by atoms with Crippen LogP contribution in [0.3, 0.4) is 0 Å². The molecule has 2 heterocycles. The lowest BCUT2D eigenvalue weighted by Gasteiger charge is -2.38. The molecule has 2 aliphatic rings. The molecule has 3 N–H and O–H groups in total. The van der Waals surface area contributed by atoms with Crippen molar-refractivity contribution >= 4 is 17.5 Å². The number of carbonyl (C=O) groups excluding carboxylic acids is 2. The number of rotatable bonds is 5. The first-order valence-corrected chi connectivity index (χ1v) is 10.8. The summed E-state index contributed by atoms with van der Waals surface area (Å²) in [6.07, 6.45) is 1.20.